The normalized spacial score (nSPS) is 21.5. The molecule has 0 aliphatic heterocycles. The fourth-order valence-electron chi connectivity index (χ4n) is 2.27. The van der Waals surface area contributed by atoms with Gasteiger partial charge in [-0.1, -0.05) is 15.9 Å². The zero-order valence-corrected chi connectivity index (χ0v) is 13.7. The van der Waals surface area contributed by atoms with Crippen LogP contribution in [0.25, 0.3) is 0 Å². The molecule has 1 aliphatic carbocycles. The Labute approximate surface area is 133 Å². The Morgan fingerprint density at radius 2 is 2.00 bits per heavy atom. The van der Waals surface area contributed by atoms with E-state index in [4.69, 9.17) is 5.11 Å². The molecule has 2 amide bonds. The third-order valence-electron chi connectivity index (χ3n) is 3.29. The molecular weight excluding hydrogens is 392 g/mol. The Hall–Kier alpha value is -1.08. The second kappa shape index (κ2) is 6.58. The highest BCUT2D eigenvalue weighted by Gasteiger charge is 2.30. The van der Waals surface area contributed by atoms with Crippen molar-refractivity contribution in [3.05, 3.63) is 27.1 Å². The van der Waals surface area contributed by atoms with Crippen molar-refractivity contribution < 1.29 is 14.7 Å². The van der Waals surface area contributed by atoms with E-state index in [0.29, 0.717) is 24.9 Å². The molecular formula is C13H14Br2N2O3. The number of benzene rings is 1. The van der Waals surface area contributed by atoms with Gasteiger partial charge in [0.1, 0.15) is 0 Å². The van der Waals surface area contributed by atoms with Gasteiger partial charge >= 0.3 is 12.0 Å². The average Bonchev–Trinajstić information content (AvgIpc) is 2.82. The number of urea groups is 1. The molecule has 20 heavy (non-hydrogen) atoms. The number of anilines is 1. The number of hydrogen-bond donors (Lipinski definition) is 3. The molecule has 2 unspecified atom stereocenters. The smallest absolute Gasteiger partial charge is 0.319 e. The fraction of sp³-hybridized carbons (Fsp3) is 0.385. The highest BCUT2D eigenvalue weighted by Crippen LogP contribution is 2.27. The van der Waals surface area contributed by atoms with Gasteiger partial charge in [-0.3, -0.25) is 4.79 Å². The highest BCUT2D eigenvalue weighted by atomic mass is 79.9. The van der Waals surface area contributed by atoms with Gasteiger partial charge in [0.25, 0.3) is 0 Å². The summed E-state index contributed by atoms with van der Waals surface area (Å²) >= 11 is 6.70. The van der Waals surface area contributed by atoms with Crippen molar-refractivity contribution in [2.45, 2.75) is 25.3 Å². The lowest BCUT2D eigenvalue weighted by atomic mass is 10.1. The van der Waals surface area contributed by atoms with Gasteiger partial charge in [-0.25, -0.2) is 4.79 Å². The maximum absolute atomic E-state index is 11.9. The molecule has 0 heterocycles. The van der Waals surface area contributed by atoms with Gasteiger partial charge < -0.3 is 15.7 Å². The van der Waals surface area contributed by atoms with Gasteiger partial charge in [-0.2, -0.15) is 0 Å². The van der Waals surface area contributed by atoms with Crippen molar-refractivity contribution in [3.8, 4) is 0 Å². The van der Waals surface area contributed by atoms with Crippen LogP contribution in [0.1, 0.15) is 19.3 Å². The van der Waals surface area contributed by atoms with Gasteiger partial charge in [0.05, 0.1) is 11.6 Å². The van der Waals surface area contributed by atoms with E-state index in [9.17, 15) is 9.59 Å². The minimum absolute atomic E-state index is 0.0815. The first-order chi connectivity index (χ1) is 9.45. The van der Waals surface area contributed by atoms with Crippen LogP contribution in [0.2, 0.25) is 0 Å². The standard InChI is InChI=1S/C13H14Br2N2O3/c14-8-2-4-10(15)11(6-8)17-13(20)16-9-3-1-7(5-9)12(18)19/h2,4,6-7,9H,1,3,5H2,(H,18,19)(H2,16,17,20). The maximum Gasteiger partial charge on any atom is 0.319 e. The van der Waals surface area contributed by atoms with Crippen LogP contribution in [-0.2, 0) is 4.79 Å². The van der Waals surface area contributed by atoms with Crippen molar-refractivity contribution in [1.82, 2.24) is 5.32 Å². The number of halogens is 2. The van der Waals surface area contributed by atoms with E-state index in [1.807, 2.05) is 12.1 Å². The number of carbonyl (C=O) groups excluding carboxylic acids is 1. The van der Waals surface area contributed by atoms with Crippen LogP contribution in [0.3, 0.4) is 0 Å². The van der Waals surface area contributed by atoms with Crippen LogP contribution in [-0.4, -0.2) is 23.1 Å². The second-order valence-electron chi connectivity index (χ2n) is 4.77. The van der Waals surface area contributed by atoms with Crippen molar-refractivity contribution in [2.75, 3.05) is 5.32 Å². The number of nitrogens with one attached hydrogen (secondary N) is 2. The van der Waals surface area contributed by atoms with Crippen LogP contribution in [0.4, 0.5) is 10.5 Å². The van der Waals surface area contributed by atoms with Crippen LogP contribution < -0.4 is 10.6 Å². The first-order valence-electron chi connectivity index (χ1n) is 6.21. The van der Waals surface area contributed by atoms with Crippen molar-refractivity contribution in [3.63, 3.8) is 0 Å². The van der Waals surface area contributed by atoms with Gasteiger partial charge in [0, 0.05) is 15.0 Å². The Morgan fingerprint density at radius 3 is 2.65 bits per heavy atom. The Kier molecular flexibility index (Phi) is 5.04. The number of carboxylic acid groups (broad SMARTS) is 1. The number of hydrogen-bond acceptors (Lipinski definition) is 2. The Morgan fingerprint density at radius 1 is 1.25 bits per heavy atom. The van der Waals surface area contributed by atoms with E-state index in [-0.39, 0.29) is 18.0 Å². The number of aliphatic carboxylic acids is 1. The molecule has 7 heteroatoms. The monoisotopic (exact) mass is 404 g/mol. The lowest BCUT2D eigenvalue weighted by molar-refractivity contribution is -0.141. The summed E-state index contributed by atoms with van der Waals surface area (Å²) in [5.74, 6) is -1.14. The van der Waals surface area contributed by atoms with E-state index in [2.05, 4.69) is 42.5 Å². The number of carbonyl (C=O) groups is 2. The fourth-order valence-corrected chi connectivity index (χ4v) is 2.98. The largest absolute Gasteiger partial charge is 0.481 e. The predicted octanol–water partition coefficient (Wildman–Crippen LogP) is 3.59. The van der Waals surface area contributed by atoms with Crippen LogP contribution >= 0.6 is 31.9 Å². The van der Waals surface area contributed by atoms with E-state index in [1.54, 1.807) is 6.07 Å². The zero-order chi connectivity index (χ0) is 14.7. The van der Waals surface area contributed by atoms with Gasteiger partial charge in [0.15, 0.2) is 0 Å². The summed E-state index contributed by atoms with van der Waals surface area (Å²) in [5, 5.41) is 14.5. The minimum Gasteiger partial charge on any atom is -0.481 e. The summed E-state index contributed by atoms with van der Waals surface area (Å²) in [4.78, 5) is 22.8. The highest BCUT2D eigenvalue weighted by molar-refractivity contribution is 9.11. The molecule has 0 spiro atoms. The number of amides is 2. The van der Waals surface area contributed by atoms with Crippen molar-refractivity contribution in [1.29, 1.82) is 0 Å². The lowest BCUT2D eigenvalue weighted by Crippen LogP contribution is -2.36. The molecule has 1 aromatic rings. The molecule has 1 fully saturated rings. The molecule has 3 N–H and O–H groups in total. The molecule has 1 aromatic carbocycles. The Balaban J connectivity index is 1.90. The first-order valence-corrected chi connectivity index (χ1v) is 7.79. The topological polar surface area (TPSA) is 78.4 Å². The van der Waals surface area contributed by atoms with E-state index >= 15 is 0 Å². The number of rotatable bonds is 3. The Bertz CT molecular complexity index is 536. The van der Waals surface area contributed by atoms with Crippen LogP contribution in [0.5, 0.6) is 0 Å². The van der Waals surface area contributed by atoms with E-state index < -0.39 is 5.97 Å². The van der Waals surface area contributed by atoms with Crippen LogP contribution in [0, 0.1) is 5.92 Å². The summed E-state index contributed by atoms with van der Waals surface area (Å²) in [7, 11) is 0. The van der Waals surface area contributed by atoms with Crippen molar-refractivity contribution >= 4 is 49.5 Å². The molecule has 1 saturated carbocycles. The van der Waals surface area contributed by atoms with Gasteiger partial charge in [-0.05, 0) is 53.4 Å². The molecule has 0 saturated heterocycles. The molecule has 0 aromatic heterocycles. The van der Waals surface area contributed by atoms with E-state index in [0.717, 1.165) is 8.95 Å². The van der Waals surface area contributed by atoms with Crippen molar-refractivity contribution in [2.24, 2.45) is 5.92 Å². The molecule has 0 radical (unpaired) electrons. The van der Waals surface area contributed by atoms with Gasteiger partial charge in [-0.15, -0.1) is 0 Å². The molecule has 2 atom stereocenters. The second-order valence-corrected chi connectivity index (χ2v) is 6.54. The average molecular weight is 406 g/mol. The molecule has 1 aliphatic rings. The van der Waals surface area contributed by atoms with E-state index in [1.165, 1.54) is 0 Å². The van der Waals surface area contributed by atoms with Gasteiger partial charge in [0.2, 0.25) is 0 Å². The summed E-state index contributed by atoms with van der Waals surface area (Å²) in [6.07, 6.45) is 1.80. The summed E-state index contributed by atoms with van der Waals surface area (Å²) < 4.78 is 1.65. The lowest BCUT2D eigenvalue weighted by Gasteiger charge is -2.14. The number of carboxylic acids is 1. The summed E-state index contributed by atoms with van der Waals surface area (Å²) in [6, 6.07) is 5.08. The summed E-state index contributed by atoms with van der Waals surface area (Å²) in [5.41, 5.74) is 0.657. The molecule has 5 nitrogen and oxygen atoms in total. The SMILES string of the molecule is O=C(Nc1cc(Br)ccc1Br)NC1CCC(C(=O)O)C1. The minimum atomic E-state index is -0.788. The maximum atomic E-state index is 11.9. The predicted molar refractivity (Wildman–Crippen MR) is 82.8 cm³/mol. The molecule has 2 rings (SSSR count). The quantitative estimate of drug-likeness (QED) is 0.718. The molecule has 108 valence electrons. The zero-order valence-electron chi connectivity index (χ0n) is 10.5. The summed E-state index contributed by atoms with van der Waals surface area (Å²) in [6.45, 7) is 0. The molecule has 0 bridgehead atoms. The van der Waals surface area contributed by atoms with Crippen LogP contribution in [0.15, 0.2) is 27.1 Å². The first kappa shape index (κ1) is 15.3. The third kappa shape index (κ3) is 3.96. The third-order valence-corrected chi connectivity index (χ3v) is 4.48.